The minimum absolute atomic E-state index is 0. The van der Waals surface area contributed by atoms with Crippen molar-refractivity contribution in [1.82, 2.24) is 10.1 Å². The topological polar surface area (TPSA) is 85.5 Å². The van der Waals surface area contributed by atoms with Crippen LogP contribution in [0, 0.1) is 0 Å². The molecule has 0 bridgehead atoms. The number of nitrogens with zero attached hydrogens (tertiary/aromatic N) is 2. The van der Waals surface area contributed by atoms with E-state index in [1.165, 1.54) is 6.26 Å². The van der Waals surface area contributed by atoms with Crippen LogP contribution in [0.25, 0.3) is 11.3 Å². The molecule has 0 spiro atoms. The highest BCUT2D eigenvalue weighted by molar-refractivity contribution is 5.93. The Morgan fingerprint density at radius 3 is 2.61 bits per heavy atom. The molecule has 150 valence electrons. The van der Waals surface area contributed by atoms with Crippen molar-refractivity contribution in [3.63, 3.8) is 0 Å². The summed E-state index contributed by atoms with van der Waals surface area (Å²) in [5.41, 5.74) is 7.98. The van der Waals surface area contributed by atoms with Crippen LogP contribution in [0.2, 0.25) is 0 Å². The van der Waals surface area contributed by atoms with Crippen molar-refractivity contribution in [3.8, 4) is 11.3 Å². The fourth-order valence-electron chi connectivity index (χ4n) is 2.92. The highest BCUT2D eigenvalue weighted by Gasteiger charge is 2.14. The van der Waals surface area contributed by atoms with Gasteiger partial charge in [0.15, 0.2) is 0 Å². The predicted octanol–water partition coefficient (Wildman–Crippen LogP) is 4.30. The standard InChI is InChI=1S/C21H25N3O3.ClH/c1-24(21(25)17-12-19(14-22)26-15-17)11-7-3-6-10-18-13-20(23-27-18)16-8-4-2-5-9-16;/h2,4-5,8-9,12-13,15H,3,6-7,10-11,14,22H2,1H3;1H. The Labute approximate surface area is 171 Å². The number of hydrogen-bond donors (Lipinski definition) is 1. The van der Waals surface area contributed by atoms with Crippen molar-refractivity contribution in [3.05, 3.63) is 65.8 Å². The molecule has 0 aliphatic rings. The third-order valence-electron chi connectivity index (χ3n) is 4.49. The van der Waals surface area contributed by atoms with Gasteiger partial charge in [0, 0.05) is 31.6 Å². The fourth-order valence-corrected chi connectivity index (χ4v) is 2.92. The Hall–Kier alpha value is -2.57. The van der Waals surface area contributed by atoms with E-state index in [1.54, 1.807) is 18.0 Å². The SMILES string of the molecule is CN(CCCCCc1cc(-c2ccccc2)no1)C(=O)c1coc(CN)c1.Cl. The number of unbranched alkanes of at least 4 members (excludes halogenated alkanes) is 2. The summed E-state index contributed by atoms with van der Waals surface area (Å²) < 4.78 is 10.6. The summed E-state index contributed by atoms with van der Waals surface area (Å²) in [5, 5.41) is 4.13. The maximum Gasteiger partial charge on any atom is 0.256 e. The van der Waals surface area contributed by atoms with E-state index >= 15 is 0 Å². The van der Waals surface area contributed by atoms with Gasteiger partial charge in [-0.05, 0) is 18.9 Å². The molecule has 7 heteroatoms. The maximum atomic E-state index is 12.3. The normalized spacial score (nSPS) is 10.5. The maximum absolute atomic E-state index is 12.3. The Kier molecular flexibility index (Phi) is 8.29. The average Bonchev–Trinajstić information content (AvgIpc) is 3.37. The molecule has 0 atom stereocenters. The largest absolute Gasteiger partial charge is 0.467 e. The smallest absolute Gasteiger partial charge is 0.256 e. The summed E-state index contributed by atoms with van der Waals surface area (Å²) in [6.07, 6.45) is 5.25. The number of benzene rings is 1. The zero-order valence-corrected chi connectivity index (χ0v) is 16.8. The number of furan rings is 1. The highest BCUT2D eigenvalue weighted by Crippen LogP contribution is 2.19. The van der Waals surface area contributed by atoms with Gasteiger partial charge in [0.1, 0.15) is 23.5 Å². The molecular formula is C21H26ClN3O3. The van der Waals surface area contributed by atoms with Gasteiger partial charge in [-0.25, -0.2) is 0 Å². The van der Waals surface area contributed by atoms with E-state index in [4.69, 9.17) is 14.7 Å². The van der Waals surface area contributed by atoms with Crippen molar-refractivity contribution in [2.75, 3.05) is 13.6 Å². The van der Waals surface area contributed by atoms with E-state index in [0.717, 1.165) is 42.7 Å². The number of carbonyl (C=O) groups excluding carboxylic acids is 1. The minimum Gasteiger partial charge on any atom is -0.467 e. The molecule has 0 saturated carbocycles. The van der Waals surface area contributed by atoms with E-state index in [2.05, 4.69) is 5.16 Å². The highest BCUT2D eigenvalue weighted by atomic mass is 35.5. The number of nitrogens with two attached hydrogens (primary N) is 1. The molecule has 0 saturated heterocycles. The molecule has 0 radical (unpaired) electrons. The number of halogens is 1. The molecule has 0 unspecified atom stereocenters. The van der Waals surface area contributed by atoms with Crippen LogP contribution in [0.1, 0.15) is 41.1 Å². The van der Waals surface area contributed by atoms with Crippen LogP contribution in [-0.4, -0.2) is 29.6 Å². The first-order valence-corrected chi connectivity index (χ1v) is 9.21. The van der Waals surface area contributed by atoms with E-state index in [-0.39, 0.29) is 18.3 Å². The third kappa shape index (κ3) is 5.71. The summed E-state index contributed by atoms with van der Waals surface area (Å²) in [6, 6.07) is 13.7. The summed E-state index contributed by atoms with van der Waals surface area (Å²) in [6.45, 7) is 0.998. The van der Waals surface area contributed by atoms with E-state index in [1.807, 2.05) is 36.4 Å². The van der Waals surface area contributed by atoms with Crippen molar-refractivity contribution < 1.29 is 13.7 Å². The quantitative estimate of drug-likeness (QED) is 0.538. The zero-order chi connectivity index (χ0) is 19.1. The lowest BCUT2D eigenvalue weighted by Crippen LogP contribution is -2.27. The zero-order valence-electron chi connectivity index (χ0n) is 16.0. The lowest BCUT2D eigenvalue weighted by Gasteiger charge is -2.15. The Morgan fingerprint density at radius 1 is 1.11 bits per heavy atom. The summed E-state index contributed by atoms with van der Waals surface area (Å²) in [5.74, 6) is 1.47. The van der Waals surface area contributed by atoms with Gasteiger partial charge in [-0.1, -0.05) is 41.9 Å². The van der Waals surface area contributed by atoms with Gasteiger partial charge < -0.3 is 19.6 Å². The number of hydrogen-bond acceptors (Lipinski definition) is 5. The molecule has 1 amide bonds. The molecule has 1 aromatic carbocycles. The lowest BCUT2D eigenvalue weighted by molar-refractivity contribution is 0.0792. The van der Waals surface area contributed by atoms with E-state index in [9.17, 15) is 4.79 Å². The molecule has 28 heavy (non-hydrogen) atoms. The first-order chi connectivity index (χ1) is 13.2. The second-order valence-corrected chi connectivity index (χ2v) is 6.59. The molecule has 3 aromatic rings. The molecule has 3 rings (SSSR count). The summed E-state index contributed by atoms with van der Waals surface area (Å²) in [7, 11) is 1.81. The third-order valence-corrected chi connectivity index (χ3v) is 4.49. The second-order valence-electron chi connectivity index (χ2n) is 6.59. The molecule has 2 aromatic heterocycles. The van der Waals surface area contributed by atoms with Crippen LogP contribution in [-0.2, 0) is 13.0 Å². The van der Waals surface area contributed by atoms with Crippen molar-refractivity contribution in [2.45, 2.75) is 32.2 Å². The van der Waals surface area contributed by atoms with Gasteiger partial charge >= 0.3 is 0 Å². The summed E-state index contributed by atoms with van der Waals surface area (Å²) in [4.78, 5) is 14.0. The van der Waals surface area contributed by atoms with E-state index in [0.29, 0.717) is 24.4 Å². The first kappa shape index (κ1) is 21.7. The molecule has 2 heterocycles. The van der Waals surface area contributed by atoms with Crippen LogP contribution in [0.15, 0.2) is 57.7 Å². The first-order valence-electron chi connectivity index (χ1n) is 9.21. The lowest BCUT2D eigenvalue weighted by atomic mass is 10.1. The molecule has 0 aliphatic heterocycles. The number of amides is 1. The predicted molar refractivity (Wildman–Crippen MR) is 110 cm³/mol. The monoisotopic (exact) mass is 403 g/mol. The van der Waals surface area contributed by atoms with Gasteiger partial charge in [0.25, 0.3) is 5.91 Å². The number of carbonyl (C=O) groups is 1. The van der Waals surface area contributed by atoms with Gasteiger partial charge in [-0.2, -0.15) is 0 Å². The molecular weight excluding hydrogens is 378 g/mol. The number of aryl methyl sites for hydroxylation is 1. The van der Waals surface area contributed by atoms with Gasteiger partial charge in [0.05, 0.1) is 12.1 Å². The molecule has 0 aliphatic carbocycles. The number of rotatable bonds is 9. The van der Waals surface area contributed by atoms with Crippen molar-refractivity contribution >= 4 is 18.3 Å². The van der Waals surface area contributed by atoms with Crippen molar-refractivity contribution in [2.24, 2.45) is 5.73 Å². The Bertz CT molecular complexity index is 861. The van der Waals surface area contributed by atoms with Crippen molar-refractivity contribution in [1.29, 1.82) is 0 Å². The Balaban J connectivity index is 0.00000280. The van der Waals surface area contributed by atoms with Gasteiger partial charge in [-0.3, -0.25) is 4.79 Å². The van der Waals surface area contributed by atoms with E-state index < -0.39 is 0 Å². The minimum atomic E-state index is -0.0406. The average molecular weight is 404 g/mol. The second kappa shape index (κ2) is 10.7. The molecule has 0 fully saturated rings. The number of aromatic nitrogens is 1. The van der Waals surface area contributed by atoms with Crippen LogP contribution < -0.4 is 5.73 Å². The van der Waals surface area contributed by atoms with Crippen LogP contribution >= 0.6 is 12.4 Å². The van der Waals surface area contributed by atoms with Crippen LogP contribution in [0.5, 0.6) is 0 Å². The van der Waals surface area contributed by atoms with Crippen LogP contribution in [0.3, 0.4) is 0 Å². The fraction of sp³-hybridized carbons (Fsp3) is 0.333. The van der Waals surface area contributed by atoms with Gasteiger partial charge in [-0.15, -0.1) is 12.4 Å². The molecule has 2 N–H and O–H groups in total. The van der Waals surface area contributed by atoms with Crippen LogP contribution in [0.4, 0.5) is 0 Å². The van der Waals surface area contributed by atoms with Gasteiger partial charge in [0.2, 0.25) is 0 Å². The Morgan fingerprint density at radius 2 is 1.89 bits per heavy atom. The molecule has 6 nitrogen and oxygen atoms in total. The summed E-state index contributed by atoms with van der Waals surface area (Å²) >= 11 is 0.